The van der Waals surface area contributed by atoms with Crippen molar-refractivity contribution in [3.63, 3.8) is 0 Å². The lowest BCUT2D eigenvalue weighted by Gasteiger charge is -2.43. The summed E-state index contributed by atoms with van der Waals surface area (Å²) in [5, 5.41) is 3.59. The van der Waals surface area contributed by atoms with Gasteiger partial charge >= 0.3 is 0 Å². The summed E-state index contributed by atoms with van der Waals surface area (Å²) in [7, 11) is 8.87. The summed E-state index contributed by atoms with van der Waals surface area (Å²) >= 11 is 1.58. The Labute approximate surface area is 228 Å². The Balaban J connectivity index is 1.58. The summed E-state index contributed by atoms with van der Waals surface area (Å²) in [6, 6.07) is 15.4. The number of aliphatic imine (C=N–C) groups is 1. The zero-order valence-corrected chi connectivity index (χ0v) is 23.4. The van der Waals surface area contributed by atoms with Gasteiger partial charge in [-0.15, -0.1) is 0 Å². The first kappa shape index (κ1) is 28.2. The van der Waals surface area contributed by atoms with Gasteiger partial charge in [-0.25, -0.2) is 0 Å². The number of hydrogen-bond acceptors (Lipinski definition) is 9. The van der Waals surface area contributed by atoms with Crippen molar-refractivity contribution in [1.82, 2.24) is 10.2 Å². The molecule has 0 saturated carbocycles. The van der Waals surface area contributed by atoms with Gasteiger partial charge in [-0.1, -0.05) is 36.0 Å². The summed E-state index contributed by atoms with van der Waals surface area (Å²) in [4.78, 5) is 19.1. The molecule has 0 bridgehead atoms. The van der Waals surface area contributed by atoms with Crippen molar-refractivity contribution in [1.29, 1.82) is 0 Å². The van der Waals surface area contributed by atoms with Crippen molar-refractivity contribution >= 4 is 22.8 Å². The topological polar surface area (TPSA) is 90.9 Å². The van der Waals surface area contributed by atoms with Crippen LogP contribution in [0.3, 0.4) is 0 Å². The molecule has 10 heteroatoms. The van der Waals surface area contributed by atoms with Crippen molar-refractivity contribution in [3.8, 4) is 11.5 Å². The van der Waals surface area contributed by atoms with Gasteiger partial charge in [-0.05, 0) is 41.8 Å². The number of amides is 1. The van der Waals surface area contributed by atoms with E-state index in [-0.39, 0.29) is 29.6 Å². The molecule has 1 amide bonds. The van der Waals surface area contributed by atoms with Gasteiger partial charge in [0.15, 0.2) is 5.17 Å². The predicted octanol–water partition coefficient (Wildman–Crippen LogP) is 3.46. The van der Waals surface area contributed by atoms with Crippen LogP contribution in [0.25, 0.3) is 0 Å². The number of thioether (sulfide) groups is 1. The van der Waals surface area contributed by atoms with Crippen molar-refractivity contribution in [2.75, 3.05) is 35.4 Å². The molecule has 4 rings (SSSR count). The highest BCUT2D eigenvalue weighted by Gasteiger charge is 2.51. The SMILES string of the molecule is CNC(=O)CC[C@H]1O[C@@H]2SC(N(C)C)=N[C@@H]2C(OCc2ccc(OC)cc2)C1OCc1ccc(OC)cc1. The van der Waals surface area contributed by atoms with Crippen LogP contribution in [-0.2, 0) is 32.2 Å². The van der Waals surface area contributed by atoms with Crippen molar-refractivity contribution in [2.45, 2.75) is 55.8 Å². The molecular weight excluding hydrogens is 506 g/mol. The molecule has 1 saturated heterocycles. The third-order valence-corrected chi connectivity index (χ3v) is 7.92. The van der Waals surface area contributed by atoms with Crippen molar-refractivity contribution in [2.24, 2.45) is 4.99 Å². The molecule has 2 aromatic rings. The van der Waals surface area contributed by atoms with E-state index >= 15 is 0 Å². The molecule has 9 nitrogen and oxygen atoms in total. The van der Waals surface area contributed by atoms with Crippen LogP contribution in [0, 0.1) is 0 Å². The van der Waals surface area contributed by atoms with E-state index in [0.29, 0.717) is 26.1 Å². The average molecular weight is 544 g/mol. The van der Waals surface area contributed by atoms with Crippen molar-refractivity contribution in [3.05, 3.63) is 59.7 Å². The molecular formula is C28H37N3O6S. The van der Waals surface area contributed by atoms with Crippen LogP contribution < -0.4 is 14.8 Å². The Hall–Kier alpha value is -2.79. The Kier molecular flexibility index (Phi) is 9.90. The molecule has 1 fully saturated rings. The Morgan fingerprint density at radius 1 is 0.947 bits per heavy atom. The Morgan fingerprint density at radius 3 is 2.00 bits per heavy atom. The van der Waals surface area contributed by atoms with E-state index < -0.39 is 6.10 Å². The van der Waals surface area contributed by atoms with Crippen LogP contribution in [0.5, 0.6) is 11.5 Å². The molecule has 0 aliphatic carbocycles. The zero-order chi connectivity index (χ0) is 27.1. The monoisotopic (exact) mass is 543 g/mol. The summed E-state index contributed by atoms with van der Waals surface area (Å²) in [5.74, 6) is 1.54. The second-order valence-electron chi connectivity index (χ2n) is 9.42. The lowest BCUT2D eigenvalue weighted by Crippen LogP contribution is -2.56. The molecule has 206 valence electrons. The minimum Gasteiger partial charge on any atom is -0.497 e. The van der Waals surface area contributed by atoms with Gasteiger partial charge in [0, 0.05) is 27.6 Å². The third kappa shape index (κ3) is 6.99. The van der Waals surface area contributed by atoms with E-state index in [2.05, 4.69) is 5.32 Å². The number of carbonyl (C=O) groups excluding carboxylic acids is 1. The van der Waals surface area contributed by atoms with E-state index in [4.69, 9.17) is 28.7 Å². The molecule has 1 N–H and O–H groups in total. The first-order valence-corrected chi connectivity index (χ1v) is 13.6. The maximum Gasteiger partial charge on any atom is 0.219 e. The number of nitrogens with one attached hydrogen (secondary N) is 1. The van der Waals surface area contributed by atoms with E-state index in [1.54, 1.807) is 33.0 Å². The molecule has 2 aromatic carbocycles. The molecule has 2 aliphatic rings. The molecule has 2 aliphatic heterocycles. The fourth-order valence-electron chi connectivity index (χ4n) is 4.46. The highest BCUT2D eigenvalue weighted by molar-refractivity contribution is 8.14. The van der Waals surface area contributed by atoms with Gasteiger partial charge in [0.25, 0.3) is 0 Å². The molecule has 38 heavy (non-hydrogen) atoms. The highest BCUT2D eigenvalue weighted by Crippen LogP contribution is 2.40. The maximum atomic E-state index is 12.1. The number of hydrogen-bond donors (Lipinski definition) is 1. The number of carbonyl (C=O) groups is 1. The van der Waals surface area contributed by atoms with E-state index in [0.717, 1.165) is 27.8 Å². The summed E-state index contributed by atoms with van der Waals surface area (Å²) < 4.78 is 30.2. The predicted molar refractivity (Wildman–Crippen MR) is 148 cm³/mol. The van der Waals surface area contributed by atoms with Gasteiger partial charge in [0.2, 0.25) is 5.91 Å². The minimum absolute atomic E-state index is 0.0374. The summed E-state index contributed by atoms with van der Waals surface area (Å²) in [5.41, 5.74) is 1.81. The zero-order valence-electron chi connectivity index (χ0n) is 22.6. The number of methoxy groups -OCH3 is 2. The standard InChI is InChI=1S/C28H37N3O6S/c1-29-23(32)15-14-22-25(35-16-18-6-10-20(33-4)11-7-18)26(24-27(37-22)38-28(30-24)31(2)3)36-17-19-8-12-21(34-5)13-9-19/h6-13,22,24-27H,14-17H2,1-5H3,(H,29,32)/t22-,24-,25?,26?,27-/m1/s1. The van der Waals surface area contributed by atoms with Crippen LogP contribution in [0.2, 0.25) is 0 Å². The smallest absolute Gasteiger partial charge is 0.219 e. The molecule has 2 unspecified atom stereocenters. The van der Waals surface area contributed by atoms with Crippen LogP contribution in [0.1, 0.15) is 24.0 Å². The molecule has 5 atom stereocenters. The lowest BCUT2D eigenvalue weighted by molar-refractivity contribution is -0.199. The fourth-order valence-corrected chi connectivity index (χ4v) is 5.61. The molecule has 0 radical (unpaired) electrons. The molecule has 0 spiro atoms. The molecule has 0 aromatic heterocycles. The number of ether oxygens (including phenoxy) is 5. The van der Waals surface area contributed by atoms with Crippen LogP contribution in [0.15, 0.2) is 53.5 Å². The first-order chi connectivity index (χ1) is 18.4. The third-order valence-electron chi connectivity index (χ3n) is 6.62. The number of amidine groups is 1. The maximum absolute atomic E-state index is 12.1. The second-order valence-corrected chi connectivity index (χ2v) is 10.5. The van der Waals surface area contributed by atoms with Crippen molar-refractivity contribution < 1.29 is 28.5 Å². The number of rotatable bonds is 11. The van der Waals surface area contributed by atoms with E-state index in [1.165, 1.54) is 0 Å². The van der Waals surface area contributed by atoms with E-state index in [9.17, 15) is 4.79 Å². The van der Waals surface area contributed by atoms with Gasteiger partial charge in [-0.3, -0.25) is 9.79 Å². The Morgan fingerprint density at radius 2 is 1.50 bits per heavy atom. The lowest BCUT2D eigenvalue weighted by atomic mass is 9.94. The first-order valence-electron chi connectivity index (χ1n) is 12.7. The number of nitrogens with zero attached hydrogens (tertiary/aromatic N) is 2. The average Bonchev–Trinajstić information content (AvgIpc) is 3.38. The quantitative estimate of drug-likeness (QED) is 0.461. The molecule has 2 heterocycles. The largest absolute Gasteiger partial charge is 0.497 e. The van der Waals surface area contributed by atoms with Crippen LogP contribution in [0.4, 0.5) is 0 Å². The van der Waals surface area contributed by atoms with E-state index in [1.807, 2.05) is 67.5 Å². The van der Waals surface area contributed by atoms with Gasteiger partial charge in [0.1, 0.15) is 35.2 Å². The van der Waals surface area contributed by atoms with Crippen LogP contribution in [-0.4, -0.2) is 81.1 Å². The van der Waals surface area contributed by atoms with Gasteiger partial charge in [0.05, 0.1) is 33.5 Å². The van der Waals surface area contributed by atoms with Gasteiger partial charge in [-0.2, -0.15) is 0 Å². The highest BCUT2D eigenvalue weighted by atomic mass is 32.2. The second kappa shape index (κ2) is 13.3. The number of benzene rings is 2. The normalized spacial score (nSPS) is 24.3. The van der Waals surface area contributed by atoms with Crippen LogP contribution >= 0.6 is 11.8 Å². The minimum atomic E-state index is -0.424. The number of fused-ring (bicyclic) bond motifs is 1. The summed E-state index contributed by atoms with van der Waals surface area (Å²) in [6.07, 6.45) is -0.285. The summed E-state index contributed by atoms with van der Waals surface area (Å²) in [6.45, 7) is 0.756. The van der Waals surface area contributed by atoms with Gasteiger partial charge < -0.3 is 33.9 Å². The Bertz CT molecular complexity index is 1080. The fraction of sp³-hybridized carbons (Fsp3) is 0.500.